The summed E-state index contributed by atoms with van der Waals surface area (Å²) in [6.07, 6.45) is 2.47. The van der Waals surface area contributed by atoms with Crippen LogP contribution in [-0.4, -0.2) is 37.4 Å². The highest BCUT2D eigenvalue weighted by Crippen LogP contribution is 2.25. The van der Waals surface area contributed by atoms with Crippen molar-refractivity contribution < 1.29 is 9.84 Å². The topological polar surface area (TPSA) is 82.2 Å². The summed E-state index contributed by atoms with van der Waals surface area (Å²) in [6, 6.07) is 13.6. The average Bonchev–Trinajstić information content (AvgIpc) is 3.19. The molecule has 0 saturated carbocycles. The summed E-state index contributed by atoms with van der Waals surface area (Å²) < 4.78 is 8.74. The molecule has 0 aliphatic heterocycles. The number of nitrogens with zero attached hydrogens (tertiary/aromatic N) is 4. The van der Waals surface area contributed by atoms with Crippen LogP contribution in [0.5, 0.6) is 5.75 Å². The zero-order chi connectivity index (χ0) is 21.3. The van der Waals surface area contributed by atoms with Crippen LogP contribution in [0.4, 0.5) is 0 Å². The third-order valence-electron chi connectivity index (χ3n) is 5.21. The van der Waals surface area contributed by atoms with Crippen molar-refractivity contribution >= 4 is 10.9 Å². The van der Waals surface area contributed by atoms with Crippen molar-refractivity contribution in [3.63, 3.8) is 0 Å². The Labute approximate surface area is 174 Å². The van der Waals surface area contributed by atoms with Gasteiger partial charge in [-0.05, 0) is 49.6 Å². The Bertz CT molecular complexity index is 1240. The van der Waals surface area contributed by atoms with E-state index < -0.39 is 6.10 Å². The number of fused-ring (bicyclic) bond motifs is 1. The molecule has 0 spiro atoms. The van der Waals surface area contributed by atoms with Gasteiger partial charge in [0.05, 0.1) is 18.4 Å². The molecule has 30 heavy (non-hydrogen) atoms. The molecule has 4 rings (SSSR count). The van der Waals surface area contributed by atoms with E-state index >= 15 is 0 Å². The van der Waals surface area contributed by atoms with E-state index in [4.69, 9.17) is 4.74 Å². The molecule has 0 aliphatic rings. The first-order valence-electron chi connectivity index (χ1n) is 9.82. The number of aliphatic hydroxyl groups is 1. The Morgan fingerprint density at radius 3 is 2.57 bits per heavy atom. The second-order valence-corrected chi connectivity index (χ2v) is 7.46. The Morgan fingerprint density at radius 2 is 1.80 bits per heavy atom. The standard InChI is InChI=1S/C23H24N4O3/c1-15-9-10-16(2)22(17(15)3)30-14-20(28)13-27-23(29)21-18(11-24-27)12-26(25-21)19-7-5-4-6-8-19/h4-12,20,28H,13-14H2,1-3H3. The van der Waals surface area contributed by atoms with E-state index in [1.165, 1.54) is 4.68 Å². The highest BCUT2D eigenvalue weighted by atomic mass is 16.5. The van der Waals surface area contributed by atoms with Gasteiger partial charge >= 0.3 is 0 Å². The molecule has 7 heteroatoms. The molecule has 1 N–H and O–H groups in total. The minimum atomic E-state index is -0.886. The number of benzene rings is 2. The number of ether oxygens (including phenoxy) is 1. The second kappa shape index (κ2) is 8.12. The molecule has 0 fully saturated rings. The maximum absolute atomic E-state index is 12.8. The SMILES string of the molecule is Cc1ccc(C)c(OCC(O)Cn2ncc3cn(-c4ccccc4)nc3c2=O)c1C. The lowest BCUT2D eigenvalue weighted by atomic mass is 10.1. The van der Waals surface area contributed by atoms with E-state index in [0.29, 0.717) is 10.9 Å². The second-order valence-electron chi connectivity index (χ2n) is 7.46. The third-order valence-corrected chi connectivity index (χ3v) is 5.21. The van der Waals surface area contributed by atoms with E-state index in [1.807, 2.05) is 63.2 Å². The summed E-state index contributed by atoms with van der Waals surface area (Å²) in [5.74, 6) is 0.770. The summed E-state index contributed by atoms with van der Waals surface area (Å²) in [5, 5.41) is 19.7. The molecule has 4 aromatic rings. The first-order valence-corrected chi connectivity index (χ1v) is 9.82. The van der Waals surface area contributed by atoms with Crippen LogP contribution in [0.15, 0.2) is 59.7 Å². The highest BCUT2D eigenvalue weighted by Gasteiger charge is 2.15. The molecule has 7 nitrogen and oxygen atoms in total. The van der Waals surface area contributed by atoms with Gasteiger partial charge in [0.2, 0.25) is 0 Å². The van der Waals surface area contributed by atoms with E-state index in [2.05, 4.69) is 10.2 Å². The minimum Gasteiger partial charge on any atom is -0.490 e. The maximum atomic E-state index is 12.8. The monoisotopic (exact) mass is 404 g/mol. The van der Waals surface area contributed by atoms with Crippen molar-refractivity contribution in [1.29, 1.82) is 0 Å². The fourth-order valence-electron chi connectivity index (χ4n) is 3.38. The van der Waals surface area contributed by atoms with Gasteiger partial charge in [-0.3, -0.25) is 4.79 Å². The fraction of sp³-hybridized carbons (Fsp3) is 0.261. The van der Waals surface area contributed by atoms with E-state index in [0.717, 1.165) is 28.1 Å². The molecule has 0 amide bonds. The van der Waals surface area contributed by atoms with Crippen molar-refractivity contribution in [3.8, 4) is 11.4 Å². The molecule has 2 aromatic heterocycles. The van der Waals surface area contributed by atoms with Crippen molar-refractivity contribution in [1.82, 2.24) is 19.6 Å². The number of hydrogen-bond acceptors (Lipinski definition) is 5. The van der Waals surface area contributed by atoms with Gasteiger partial charge in [0.15, 0.2) is 5.52 Å². The Kier molecular flexibility index (Phi) is 5.37. The van der Waals surface area contributed by atoms with Crippen LogP contribution in [0.2, 0.25) is 0 Å². The van der Waals surface area contributed by atoms with Crippen molar-refractivity contribution in [2.24, 2.45) is 0 Å². The fourth-order valence-corrected chi connectivity index (χ4v) is 3.38. The van der Waals surface area contributed by atoms with Crippen LogP contribution in [0, 0.1) is 20.8 Å². The van der Waals surface area contributed by atoms with Gasteiger partial charge < -0.3 is 9.84 Å². The zero-order valence-electron chi connectivity index (χ0n) is 17.2. The predicted molar refractivity (Wildman–Crippen MR) is 115 cm³/mol. The number of aliphatic hydroxyl groups excluding tert-OH is 1. The van der Waals surface area contributed by atoms with E-state index in [1.54, 1.807) is 17.1 Å². The lowest BCUT2D eigenvalue weighted by molar-refractivity contribution is 0.0874. The largest absolute Gasteiger partial charge is 0.490 e. The molecule has 2 aromatic carbocycles. The quantitative estimate of drug-likeness (QED) is 0.534. The lowest BCUT2D eigenvalue weighted by Gasteiger charge is -2.17. The number of aryl methyl sites for hydroxylation is 2. The lowest BCUT2D eigenvalue weighted by Crippen LogP contribution is -2.32. The normalized spacial score (nSPS) is 12.3. The first-order chi connectivity index (χ1) is 14.4. The van der Waals surface area contributed by atoms with Gasteiger partial charge in [0, 0.05) is 11.6 Å². The summed E-state index contributed by atoms with van der Waals surface area (Å²) >= 11 is 0. The van der Waals surface area contributed by atoms with E-state index in [9.17, 15) is 9.90 Å². The average molecular weight is 404 g/mol. The molecule has 154 valence electrons. The molecular weight excluding hydrogens is 380 g/mol. The smallest absolute Gasteiger partial charge is 0.295 e. The number of rotatable bonds is 6. The first kappa shape index (κ1) is 19.8. The van der Waals surface area contributed by atoms with Gasteiger partial charge in [0.25, 0.3) is 5.56 Å². The van der Waals surface area contributed by atoms with Crippen LogP contribution in [0.1, 0.15) is 16.7 Å². The molecule has 0 bridgehead atoms. The van der Waals surface area contributed by atoms with Crippen molar-refractivity contribution in [2.75, 3.05) is 6.61 Å². The summed E-state index contributed by atoms with van der Waals surface area (Å²) in [4.78, 5) is 12.8. The van der Waals surface area contributed by atoms with Gasteiger partial charge in [-0.25, -0.2) is 9.36 Å². The van der Waals surface area contributed by atoms with Crippen LogP contribution >= 0.6 is 0 Å². The summed E-state index contributed by atoms with van der Waals surface area (Å²) in [7, 11) is 0. The van der Waals surface area contributed by atoms with Gasteiger partial charge in [0.1, 0.15) is 18.5 Å². The summed E-state index contributed by atoms with van der Waals surface area (Å²) in [5.41, 5.74) is 4.01. The molecule has 0 radical (unpaired) electrons. The Morgan fingerprint density at radius 1 is 1.07 bits per heavy atom. The summed E-state index contributed by atoms with van der Waals surface area (Å²) in [6.45, 7) is 6.07. The molecular formula is C23H24N4O3. The zero-order valence-corrected chi connectivity index (χ0v) is 17.2. The van der Waals surface area contributed by atoms with Crippen LogP contribution < -0.4 is 10.3 Å². The predicted octanol–water partition coefficient (Wildman–Crippen LogP) is 2.95. The minimum absolute atomic E-state index is 0.0247. The van der Waals surface area contributed by atoms with Crippen molar-refractivity contribution in [2.45, 2.75) is 33.4 Å². The van der Waals surface area contributed by atoms with Crippen LogP contribution in [-0.2, 0) is 6.54 Å². The molecule has 0 aliphatic carbocycles. The van der Waals surface area contributed by atoms with Crippen molar-refractivity contribution in [3.05, 3.63) is 81.9 Å². The number of para-hydroxylation sites is 1. The number of hydrogen-bond donors (Lipinski definition) is 1. The Hall–Kier alpha value is -3.45. The van der Waals surface area contributed by atoms with Crippen LogP contribution in [0.25, 0.3) is 16.6 Å². The molecule has 1 unspecified atom stereocenters. The van der Waals surface area contributed by atoms with Gasteiger partial charge in [-0.1, -0.05) is 30.3 Å². The molecule has 0 saturated heterocycles. The van der Waals surface area contributed by atoms with Crippen LogP contribution in [0.3, 0.4) is 0 Å². The Balaban J connectivity index is 1.52. The third kappa shape index (κ3) is 3.84. The van der Waals surface area contributed by atoms with Gasteiger partial charge in [-0.2, -0.15) is 10.2 Å². The van der Waals surface area contributed by atoms with E-state index in [-0.39, 0.29) is 18.7 Å². The van der Waals surface area contributed by atoms with Gasteiger partial charge in [-0.15, -0.1) is 0 Å². The molecule has 1 atom stereocenters. The highest BCUT2D eigenvalue weighted by molar-refractivity contribution is 5.76. The number of aromatic nitrogens is 4. The molecule has 2 heterocycles. The maximum Gasteiger partial charge on any atom is 0.295 e.